The molecule has 224 valence electrons. The summed E-state index contributed by atoms with van der Waals surface area (Å²) in [5, 5.41) is 3.54. The van der Waals surface area contributed by atoms with Crippen LogP contribution in [0.15, 0.2) is 71.6 Å². The molecule has 2 amide bonds. The van der Waals surface area contributed by atoms with Crippen LogP contribution in [0.2, 0.25) is 10.0 Å². The van der Waals surface area contributed by atoms with Crippen molar-refractivity contribution in [1.29, 1.82) is 0 Å². The van der Waals surface area contributed by atoms with Gasteiger partial charge in [-0.3, -0.25) is 13.9 Å². The molecule has 10 heteroatoms. The van der Waals surface area contributed by atoms with E-state index in [1.807, 2.05) is 45.0 Å². The Morgan fingerprint density at radius 2 is 1.50 bits per heavy atom. The van der Waals surface area contributed by atoms with Crippen molar-refractivity contribution in [2.24, 2.45) is 0 Å². The van der Waals surface area contributed by atoms with Crippen LogP contribution in [0.3, 0.4) is 0 Å². The molecule has 1 aliphatic rings. The summed E-state index contributed by atoms with van der Waals surface area (Å²) < 4.78 is 29.0. The Hall–Kier alpha value is -3.07. The number of nitrogens with one attached hydrogen (secondary N) is 1. The average molecular weight is 631 g/mol. The van der Waals surface area contributed by atoms with Gasteiger partial charge in [-0.15, -0.1) is 0 Å². The van der Waals surface area contributed by atoms with Crippen molar-refractivity contribution in [3.05, 3.63) is 93.5 Å². The van der Waals surface area contributed by atoms with Crippen molar-refractivity contribution < 1.29 is 18.0 Å². The Bertz CT molecular complexity index is 1510. The van der Waals surface area contributed by atoms with Crippen LogP contribution in [-0.4, -0.2) is 43.8 Å². The standard InChI is InChI=1S/C32H37Cl2N3O4S/c1-4-30(32(39)35-25-7-5-6-8-25)36(20-24-13-9-22(2)10-14-24)31(38)21-37(26-15-18-28(33)29(34)19-26)42(40,41)27-16-11-23(3)12-17-27/h9-19,25,30H,4-8,20-21H2,1-3H3,(H,35,39). The molecule has 0 saturated heterocycles. The number of carbonyl (C=O) groups is 2. The first-order valence-electron chi connectivity index (χ1n) is 14.2. The number of aryl methyl sites for hydroxylation is 2. The molecule has 7 nitrogen and oxygen atoms in total. The third-order valence-corrected chi connectivity index (χ3v) is 10.2. The SMILES string of the molecule is CCC(C(=O)NC1CCCC1)N(Cc1ccc(C)cc1)C(=O)CN(c1ccc(Cl)c(Cl)c1)S(=O)(=O)c1ccc(C)cc1. The van der Waals surface area contributed by atoms with Gasteiger partial charge in [0.25, 0.3) is 10.0 Å². The number of carbonyl (C=O) groups excluding carboxylic acids is 2. The minimum Gasteiger partial charge on any atom is -0.352 e. The van der Waals surface area contributed by atoms with E-state index < -0.39 is 28.5 Å². The first-order valence-corrected chi connectivity index (χ1v) is 16.4. The van der Waals surface area contributed by atoms with Crippen LogP contribution in [0.1, 0.15) is 55.7 Å². The molecule has 1 aliphatic carbocycles. The van der Waals surface area contributed by atoms with E-state index in [0.717, 1.165) is 46.7 Å². The predicted molar refractivity (Wildman–Crippen MR) is 168 cm³/mol. The molecule has 0 spiro atoms. The molecule has 3 aromatic carbocycles. The summed E-state index contributed by atoms with van der Waals surface area (Å²) in [7, 11) is -4.20. The Morgan fingerprint density at radius 3 is 2.07 bits per heavy atom. The minimum absolute atomic E-state index is 0.0306. The summed E-state index contributed by atoms with van der Waals surface area (Å²) in [6, 6.07) is 17.9. The zero-order chi connectivity index (χ0) is 30.4. The average Bonchev–Trinajstić information content (AvgIpc) is 3.47. The summed E-state index contributed by atoms with van der Waals surface area (Å²) in [5.74, 6) is -0.738. The lowest BCUT2D eigenvalue weighted by atomic mass is 10.1. The van der Waals surface area contributed by atoms with Crippen molar-refractivity contribution in [3.8, 4) is 0 Å². The van der Waals surface area contributed by atoms with Gasteiger partial charge in [-0.1, -0.05) is 90.5 Å². The fraction of sp³-hybridized carbons (Fsp3) is 0.375. The molecule has 0 heterocycles. The van der Waals surface area contributed by atoms with Crippen LogP contribution in [0.5, 0.6) is 0 Å². The molecule has 1 atom stereocenters. The summed E-state index contributed by atoms with van der Waals surface area (Å²) in [4.78, 5) is 29.3. The molecule has 0 aliphatic heterocycles. The second-order valence-corrected chi connectivity index (χ2v) is 13.5. The first kappa shape index (κ1) is 31.9. The number of anilines is 1. The summed E-state index contributed by atoms with van der Waals surface area (Å²) in [6.45, 7) is 5.31. The highest BCUT2D eigenvalue weighted by molar-refractivity contribution is 7.92. The summed E-state index contributed by atoms with van der Waals surface area (Å²) in [6.07, 6.45) is 4.31. The second-order valence-electron chi connectivity index (χ2n) is 10.8. The summed E-state index contributed by atoms with van der Waals surface area (Å²) >= 11 is 12.4. The Kier molecular flexibility index (Phi) is 10.6. The van der Waals surface area contributed by atoms with E-state index in [2.05, 4.69) is 5.32 Å². The highest BCUT2D eigenvalue weighted by Gasteiger charge is 2.34. The monoisotopic (exact) mass is 629 g/mol. The van der Waals surface area contributed by atoms with E-state index in [1.54, 1.807) is 12.1 Å². The van der Waals surface area contributed by atoms with Gasteiger partial charge in [-0.05, 0) is 69.0 Å². The van der Waals surface area contributed by atoms with Crippen LogP contribution < -0.4 is 9.62 Å². The molecule has 0 aromatic heterocycles. The smallest absolute Gasteiger partial charge is 0.264 e. The van der Waals surface area contributed by atoms with E-state index in [9.17, 15) is 18.0 Å². The van der Waals surface area contributed by atoms with Gasteiger partial charge in [-0.2, -0.15) is 0 Å². The van der Waals surface area contributed by atoms with Gasteiger partial charge in [0.05, 0.1) is 20.6 Å². The lowest BCUT2D eigenvalue weighted by Crippen LogP contribution is -2.53. The van der Waals surface area contributed by atoms with Gasteiger partial charge < -0.3 is 10.2 Å². The molecule has 1 unspecified atom stereocenters. The first-order chi connectivity index (χ1) is 20.0. The zero-order valence-electron chi connectivity index (χ0n) is 24.1. The number of amides is 2. The molecule has 0 bridgehead atoms. The van der Waals surface area contributed by atoms with Crippen LogP contribution in [0, 0.1) is 13.8 Å². The van der Waals surface area contributed by atoms with Crippen molar-refractivity contribution in [3.63, 3.8) is 0 Å². The van der Waals surface area contributed by atoms with Gasteiger partial charge in [0, 0.05) is 12.6 Å². The molecule has 4 rings (SSSR count). The highest BCUT2D eigenvalue weighted by atomic mass is 35.5. The molecule has 1 fully saturated rings. The quantitative estimate of drug-likeness (QED) is 0.256. The normalized spacial score (nSPS) is 14.4. The maximum Gasteiger partial charge on any atom is 0.264 e. The number of sulfonamides is 1. The Morgan fingerprint density at radius 1 is 0.905 bits per heavy atom. The third kappa shape index (κ3) is 7.65. The maximum absolute atomic E-state index is 14.2. The van der Waals surface area contributed by atoms with Gasteiger partial charge in [0.15, 0.2) is 0 Å². The minimum atomic E-state index is -4.20. The third-order valence-electron chi connectivity index (χ3n) is 7.64. The maximum atomic E-state index is 14.2. The van der Waals surface area contributed by atoms with Crippen LogP contribution in [0.25, 0.3) is 0 Å². The van der Waals surface area contributed by atoms with Crippen molar-refractivity contribution >= 4 is 50.7 Å². The van der Waals surface area contributed by atoms with Crippen molar-refractivity contribution in [2.45, 2.75) is 76.4 Å². The lowest BCUT2D eigenvalue weighted by molar-refractivity contribution is -0.140. The predicted octanol–water partition coefficient (Wildman–Crippen LogP) is 6.67. The molecule has 3 aromatic rings. The van der Waals surface area contributed by atoms with Gasteiger partial charge in [0.1, 0.15) is 12.6 Å². The number of nitrogens with zero attached hydrogens (tertiary/aromatic N) is 2. The lowest BCUT2D eigenvalue weighted by Gasteiger charge is -2.34. The Balaban J connectivity index is 1.73. The van der Waals surface area contributed by atoms with E-state index in [0.29, 0.717) is 6.42 Å². The number of benzene rings is 3. The van der Waals surface area contributed by atoms with Crippen molar-refractivity contribution in [2.75, 3.05) is 10.8 Å². The second kappa shape index (κ2) is 13.9. The van der Waals surface area contributed by atoms with Crippen molar-refractivity contribution in [1.82, 2.24) is 10.2 Å². The zero-order valence-corrected chi connectivity index (χ0v) is 26.5. The van der Waals surface area contributed by atoms with E-state index in [1.165, 1.54) is 35.2 Å². The van der Waals surface area contributed by atoms with Crippen LogP contribution in [0.4, 0.5) is 5.69 Å². The van der Waals surface area contributed by atoms with Crippen LogP contribution >= 0.6 is 23.2 Å². The van der Waals surface area contributed by atoms with Gasteiger partial charge >= 0.3 is 0 Å². The largest absolute Gasteiger partial charge is 0.352 e. The molecule has 0 radical (unpaired) electrons. The topological polar surface area (TPSA) is 86.8 Å². The molecule has 42 heavy (non-hydrogen) atoms. The molecule has 1 N–H and O–H groups in total. The highest BCUT2D eigenvalue weighted by Crippen LogP contribution is 2.31. The fourth-order valence-corrected chi connectivity index (χ4v) is 6.88. The van der Waals surface area contributed by atoms with Gasteiger partial charge in [-0.25, -0.2) is 8.42 Å². The Labute approximate surface area is 258 Å². The van der Waals surface area contributed by atoms with Crippen LogP contribution in [-0.2, 0) is 26.2 Å². The summed E-state index contributed by atoms with van der Waals surface area (Å²) in [5.41, 5.74) is 2.99. The fourth-order valence-electron chi connectivity index (χ4n) is 5.18. The van der Waals surface area contributed by atoms with E-state index in [-0.39, 0.29) is 39.1 Å². The molecular weight excluding hydrogens is 593 g/mol. The number of rotatable bonds is 11. The van der Waals surface area contributed by atoms with Gasteiger partial charge in [0.2, 0.25) is 11.8 Å². The molecule has 1 saturated carbocycles. The number of hydrogen-bond acceptors (Lipinski definition) is 4. The number of halogens is 2. The number of hydrogen-bond donors (Lipinski definition) is 1. The van der Waals surface area contributed by atoms with E-state index in [4.69, 9.17) is 23.2 Å². The molecular formula is C32H37Cl2N3O4S. The van der Waals surface area contributed by atoms with E-state index >= 15 is 0 Å².